The lowest BCUT2D eigenvalue weighted by Crippen LogP contribution is -2.40. The Morgan fingerprint density at radius 3 is 2.47 bits per heavy atom. The Morgan fingerprint density at radius 2 is 1.89 bits per heavy atom. The van der Waals surface area contributed by atoms with Gasteiger partial charge in [-0.1, -0.05) is 32.0 Å². The van der Waals surface area contributed by atoms with Crippen LogP contribution >= 0.6 is 0 Å². The molecule has 0 radical (unpaired) electrons. The molecule has 1 aromatic rings. The van der Waals surface area contributed by atoms with Crippen molar-refractivity contribution in [3.8, 4) is 5.75 Å². The summed E-state index contributed by atoms with van der Waals surface area (Å²) in [6.45, 7) is 9.64. The van der Waals surface area contributed by atoms with Crippen LogP contribution in [-0.2, 0) is 4.74 Å². The Morgan fingerprint density at radius 1 is 1.21 bits per heavy atom. The van der Waals surface area contributed by atoms with E-state index in [0.717, 1.165) is 24.2 Å². The van der Waals surface area contributed by atoms with Crippen molar-refractivity contribution < 1.29 is 9.47 Å². The highest BCUT2D eigenvalue weighted by atomic mass is 16.5. The Balaban J connectivity index is 3.00. The molecule has 0 aliphatic carbocycles. The Labute approximate surface area is 117 Å². The molecule has 2 atom stereocenters. The molecule has 2 N–H and O–H groups in total. The van der Waals surface area contributed by atoms with Gasteiger partial charge >= 0.3 is 0 Å². The maximum absolute atomic E-state index is 6.44. The first-order chi connectivity index (χ1) is 9.09. The van der Waals surface area contributed by atoms with Crippen LogP contribution in [0, 0.1) is 0 Å². The van der Waals surface area contributed by atoms with Crippen LogP contribution in [0.4, 0.5) is 0 Å². The zero-order valence-electron chi connectivity index (χ0n) is 12.6. The molecule has 0 fully saturated rings. The smallest absolute Gasteiger partial charge is 0.124 e. The van der Waals surface area contributed by atoms with E-state index >= 15 is 0 Å². The van der Waals surface area contributed by atoms with E-state index < -0.39 is 0 Å². The summed E-state index contributed by atoms with van der Waals surface area (Å²) < 4.78 is 11.7. The lowest BCUT2D eigenvalue weighted by Gasteiger charge is -2.35. The molecule has 1 rings (SSSR count). The second-order valence-electron chi connectivity index (χ2n) is 4.96. The summed E-state index contributed by atoms with van der Waals surface area (Å²) in [6, 6.07) is 7.79. The van der Waals surface area contributed by atoms with Gasteiger partial charge in [-0.3, -0.25) is 0 Å². The quantitative estimate of drug-likeness (QED) is 0.779. The van der Waals surface area contributed by atoms with E-state index in [-0.39, 0.29) is 11.6 Å². The third-order valence-electron chi connectivity index (χ3n) is 3.55. The van der Waals surface area contributed by atoms with Gasteiger partial charge in [0.2, 0.25) is 0 Å². The zero-order valence-corrected chi connectivity index (χ0v) is 12.6. The van der Waals surface area contributed by atoms with Crippen molar-refractivity contribution in [1.82, 2.24) is 0 Å². The SMILES string of the molecule is CCCOc1ccccc1C(N)C(C)(CC)OCC. The van der Waals surface area contributed by atoms with Crippen molar-refractivity contribution in [3.63, 3.8) is 0 Å². The topological polar surface area (TPSA) is 44.5 Å². The molecule has 0 saturated carbocycles. The fourth-order valence-electron chi connectivity index (χ4n) is 2.15. The lowest BCUT2D eigenvalue weighted by atomic mass is 9.88. The van der Waals surface area contributed by atoms with Crippen molar-refractivity contribution in [2.75, 3.05) is 13.2 Å². The van der Waals surface area contributed by atoms with E-state index in [4.69, 9.17) is 15.2 Å². The predicted octanol–water partition coefficient (Wildman–Crippen LogP) is 3.68. The molecular weight excluding hydrogens is 238 g/mol. The Bertz CT molecular complexity index is 381. The highest BCUT2D eigenvalue weighted by molar-refractivity contribution is 5.37. The molecule has 108 valence electrons. The molecule has 0 aromatic heterocycles. The second-order valence-corrected chi connectivity index (χ2v) is 4.96. The first-order valence-corrected chi connectivity index (χ1v) is 7.20. The molecule has 0 spiro atoms. The van der Waals surface area contributed by atoms with Gasteiger partial charge in [-0.15, -0.1) is 0 Å². The number of para-hydroxylation sites is 1. The van der Waals surface area contributed by atoms with E-state index in [2.05, 4.69) is 20.8 Å². The number of nitrogens with two attached hydrogens (primary N) is 1. The summed E-state index contributed by atoms with van der Waals surface area (Å²) in [5, 5.41) is 0. The van der Waals surface area contributed by atoms with E-state index in [0.29, 0.717) is 13.2 Å². The molecular formula is C16H27NO2. The summed E-state index contributed by atoms with van der Waals surface area (Å²) in [6.07, 6.45) is 1.85. The molecule has 19 heavy (non-hydrogen) atoms. The van der Waals surface area contributed by atoms with Gasteiger partial charge in [-0.25, -0.2) is 0 Å². The molecule has 3 nitrogen and oxygen atoms in total. The van der Waals surface area contributed by atoms with Crippen LogP contribution in [-0.4, -0.2) is 18.8 Å². The first-order valence-electron chi connectivity index (χ1n) is 7.20. The van der Waals surface area contributed by atoms with Crippen molar-refractivity contribution in [2.24, 2.45) is 5.73 Å². The van der Waals surface area contributed by atoms with Crippen molar-refractivity contribution in [2.45, 2.75) is 52.2 Å². The van der Waals surface area contributed by atoms with E-state index in [1.54, 1.807) is 0 Å². The lowest BCUT2D eigenvalue weighted by molar-refractivity contribution is -0.0477. The van der Waals surface area contributed by atoms with Crippen molar-refractivity contribution in [1.29, 1.82) is 0 Å². The monoisotopic (exact) mass is 265 g/mol. The number of ether oxygens (including phenoxy) is 2. The van der Waals surface area contributed by atoms with Gasteiger partial charge in [0.05, 0.1) is 18.2 Å². The number of hydrogen-bond acceptors (Lipinski definition) is 3. The zero-order chi connectivity index (χ0) is 14.3. The van der Waals surface area contributed by atoms with E-state index in [1.807, 2.05) is 31.2 Å². The highest BCUT2D eigenvalue weighted by Crippen LogP contribution is 2.35. The summed E-state index contributed by atoms with van der Waals surface area (Å²) in [5.74, 6) is 0.872. The van der Waals surface area contributed by atoms with Crippen LogP contribution < -0.4 is 10.5 Å². The average Bonchev–Trinajstić information content (AvgIpc) is 2.44. The van der Waals surface area contributed by atoms with Crippen molar-refractivity contribution in [3.05, 3.63) is 29.8 Å². The minimum absolute atomic E-state index is 0.189. The van der Waals surface area contributed by atoms with Crippen LogP contribution in [0.3, 0.4) is 0 Å². The summed E-state index contributed by atoms with van der Waals surface area (Å²) >= 11 is 0. The number of benzene rings is 1. The molecule has 1 aromatic carbocycles. The number of rotatable bonds is 8. The normalized spacial score (nSPS) is 15.8. The predicted molar refractivity (Wildman–Crippen MR) is 79.5 cm³/mol. The van der Waals surface area contributed by atoms with Gasteiger partial charge in [0, 0.05) is 12.2 Å². The summed E-state index contributed by atoms with van der Waals surface area (Å²) in [4.78, 5) is 0. The van der Waals surface area contributed by atoms with Crippen LogP contribution in [0.25, 0.3) is 0 Å². The van der Waals surface area contributed by atoms with Crippen LogP contribution in [0.1, 0.15) is 52.1 Å². The minimum atomic E-state index is -0.361. The van der Waals surface area contributed by atoms with Gasteiger partial charge in [0.1, 0.15) is 5.75 Å². The highest BCUT2D eigenvalue weighted by Gasteiger charge is 2.33. The number of hydrogen-bond donors (Lipinski definition) is 1. The fourth-order valence-corrected chi connectivity index (χ4v) is 2.15. The van der Waals surface area contributed by atoms with Gasteiger partial charge in [-0.05, 0) is 32.8 Å². The second kappa shape index (κ2) is 7.51. The van der Waals surface area contributed by atoms with Gasteiger partial charge in [-0.2, -0.15) is 0 Å². The van der Waals surface area contributed by atoms with Gasteiger partial charge in [0.15, 0.2) is 0 Å². The largest absolute Gasteiger partial charge is 0.493 e. The van der Waals surface area contributed by atoms with E-state index in [1.165, 1.54) is 0 Å². The van der Waals surface area contributed by atoms with Crippen LogP contribution in [0.15, 0.2) is 24.3 Å². The molecule has 0 aliphatic rings. The standard InChI is InChI=1S/C16H27NO2/c1-5-12-18-14-11-9-8-10-13(14)15(17)16(4,6-2)19-7-3/h8-11,15H,5-7,12,17H2,1-4H3. The van der Waals surface area contributed by atoms with Crippen LogP contribution in [0.5, 0.6) is 5.75 Å². The molecule has 0 bridgehead atoms. The molecule has 2 unspecified atom stereocenters. The molecule has 0 amide bonds. The summed E-state index contributed by atoms with van der Waals surface area (Å²) in [7, 11) is 0. The Hall–Kier alpha value is -1.06. The molecule has 0 aliphatic heterocycles. The fraction of sp³-hybridized carbons (Fsp3) is 0.625. The van der Waals surface area contributed by atoms with Crippen molar-refractivity contribution >= 4 is 0 Å². The van der Waals surface area contributed by atoms with Gasteiger partial charge < -0.3 is 15.2 Å². The third-order valence-corrected chi connectivity index (χ3v) is 3.55. The minimum Gasteiger partial charge on any atom is -0.493 e. The first kappa shape index (κ1) is 16.0. The third kappa shape index (κ3) is 3.95. The maximum Gasteiger partial charge on any atom is 0.124 e. The van der Waals surface area contributed by atoms with Crippen LogP contribution in [0.2, 0.25) is 0 Å². The molecule has 0 heterocycles. The molecule has 3 heteroatoms. The molecule has 0 saturated heterocycles. The van der Waals surface area contributed by atoms with Gasteiger partial charge in [0.25, 0.3) is 0 Å². The maximum atomic E-state index is 6.44. The average molecular weight is 265 g/mol. The summed E-state index contributed by atoms with van der Waals surface area (Å²) in [5.41, 5.74) is 7.10. The van der Waals surface area contributed by atoms with E-state index in [9.17, 15) is 0 Å². The Kier molecular flexibility index (Phi) is 6.32.